The van der Waals surface area contributed by atoms with Crippen LogP contribution >= 0.6 is 11.8 Å². The van der Waals surface area contributed by atoms with Gasteiger partial charge >= 0.3 is 6.01 Å². The minimum atomic E-state index is 0.111. The lowest BCUT2D eigenvalue weighted by molar-refractivity contribution is 0.308. The lowest BCUT2D eigenvalue weighted by atomic mass is 10.5. The van der Waals surface area contributed by atoms with Crippen molar-refractivity contribution in [3.05, 3.63) is 24.4 Å². The highest BCUT2D eigenvalue weighted by atomic mass is 32.2. The van der Waals surface area contributed by atoms with Crippen molar-refractivity contribution in [1.29, 1.82) is 0 Å². The number of nitrogens with zero attached hydrogens (tertiary/aromatic N) is 6. The number of aromatic nitrogens is 6. The molecular formula is C11H11N7OS. The molecule has 0 unspecified atom stereocenters. The van der Waals surface area contributed by atoms with E-state index in [9.17, 15) is 0 Å². The van der Waals surface area contributed by atoms with Gasteiger partial charge in [-0.3, -0.25) is 4.40 Å². The van der Waals surface area contributed by atoms with E-state index in [0.717, 1.165) is 5.65 Å². The minimum Gasteiger partial charge on any atom is -0.464 e. The van der Waals surface area contributed by atoms with Crippen LogP contribution in [0, 0.1) is 0 Å². The molecule has 102 valence electrons. The Morgan fingerprint density at radius 1 is 1.25 bits per heavy atom. The molecule has 0 aliphatic carbocycles. The summed E-state index contributed by atoms with van der Waals surface area (Å²) in [6.07, 6.45) is 1.87. The third kappa shape index (κ3) is 2.48. The van der Waals surface area contributed by atoms with Crippen LogP contribution in [0.4, 0.5) is 5.95 Å². The number of rotatable bonds is 4. The van der Waals surface area contributed by atoms with Crippen LogP contribution in [0.3, 0.4) is 0 Å². The van der Waals surface area contributed by atoms with Gasteiger partial charge in [0.25, 0.3) is 0 Å². The van der Waals surface area contributed by atoms with Gasteiger partial charge in [0.05, 0.1) is 6.61 Å². The van der Waals surface area contributed by atoms with E-state index in [0.29, 0.717) is 16.9 Å². The fraction of sp³-hybridized carbons (Fsp3) is 0.182. The molecule has 0 bridgehead atoms. The fourth-order valence-electron chi connectivity index (χ4n) is 1.56. The largest absolute Gasteiger partial charge is 0.464 e. The Morgan fingerprint density at radius 3 is 3.00 bits per heavy atom. The summed E-state index contributed by atoms with van der Waals surface area (Å²) in [6, 6.07) is 5.86. The molecule has 0 spiro atoms. The third-order valence-electron chi connectivity index (χ3n) is 2.35. The summed E-state index contributed by atoms with van der Waals surface area (Å²) in [5.74, 6) is 0.111. The maximum atomic E-state index is 5.63. The SMILES string of the molecule is CCOc1nc(N)nc(Sc2nnc3ccccn23)n1. The van der Waals surface area contributed by atoms with Crippen molar-refractivity contribution in [1.82, 2.24) is 29.5 Å². The summed E-state index contributed by atoms with van der Waals surface area (Å²) in [4.78, 5) is 12.1. The van der Waals surface area contributed by atoms with Crippen molar-refractivity contribution >= 4 is 23.4 Å². The van der Waals surface area contributed by atoms with Crippen LogP contribution in [0.2, 0.25) is 0 Å². The predicted octanol–water partition coefficient (Wildman–Crippen LogP) is 1.05. The molecule has 0 aliphatic rings. The first-order valence-electron chi connectivity index (χ1n) is 5.88. The van der Waals surface area contributed by atoms with Gasteiger partial charge in [-0.1, -0.05) is 6.07 Å². The Kier molecular flexibility index (Phi) is 3.33. The van der Waals surface area contributed by atoms with E-state index in [4.69, 9.17) is 10.5 Å². The van der Waals surface area contributed by atoms with E-state index in [1.165, 1.54) is 11.8 Å². The smallest absolute Gasteiger partial charge is 0.322 e. The first-order chi connectivity index (χ1) is 9.76. The minimum absolute atomic E-state index is 0.111. The lowest BCUT2D eigenvalue weighted by Gasteiger charge is -2.03. The zero-order valence-corrected chi connectivity index (χ0v) is 11.4. The summed E-state index contributed by atoms with van der Waals surface area (Å²) in [5, 5.41) is 9.21. The Bertz CT molecular complexity index is 744. The summed E-state index contributed by atoms with van der Waals surface area (Å²) in [7, 11) is 0. The average molecular weight is 289 g/mol. The number of nitrogen functional groups attached to an aromatic ring is 1. The quantitative estimate of drug-likeness (QED) is 0.760. The summed E-state index contributed by atoms with van der Waals surface area (Å²) >= 11 is 1.25. The van der Waals surface area contributed by atoms with E-state index >= 15 is 0 Å². The second kappa shape index (κ2) is 5.29. The topological polar surface area (TPSA) is 104 Å². The van der Waals surface area contributed by atoms with E-state index < -0.39 is 0 Å². The molecule has 8 nitrogen and oxygen atoms in total. The van der Waals surface area contributed by atoms with Gasteiger partial charge in [-0.05, 0) is 30.8 Å². The molecule has 0 amide bonds. The molecule has 0 aromatic carbocycles. The first kappa shape index (κ1) is 12.6. The van der Waals surface area contributed by atoms with Gasteiger partial charge in [-0.25, -0.2) is 0 Å². The number of fused-ring (bicyclic) bond motifs is 1. The molecule has 3 rings (SSSR count). The van der Waals surface area contributed by atoms with Crippen molar-refractivity contribution in [3.8, 4) is 6.01 Å². The zero-order chi connectivity index (χ0) is 13.9. The molecular weight excluding hydrogens is 278 g/mol. The number of ether oxygens (including phenoxy) is 1. The van der Waals surface area contributed by atoms with E-state index in [1.54, 1.807) is 0 Å². The molecule has 2 N–H and O–H groups in total. The van der Waals surface area contributed by atoms with Gasteiger partial charge in [0.2, 0.25) is 16.3 Å². The second-order valence-electron chi connectivity index (χ2n) is 3.71. The first-order valence-corrected chi connectivity index (χ1v) is 6.70. The molecule has 20 heavy (non-hydrogen) atoms. The molecule has 3 heterocycles. The van der Waals surface area contributed by atoms with Crippen molar-refractivity contribution in [3.63, 3.8) is 0 Å². The number of anilines is 1. The van der Waals surface area contributed by atoms with Crippen LogP contribution in [0.25, 0.3) is 5.65 Å². The van der Waals surface area contributed by atoms with Crippen LogP contribution in [0.15, 0.2) is 34.7 Å². The molecule has 3 aromatic heterocycles. The Hall–Kier alpha value is -2.42. The molecule has 0 saturated carbocycles. The molecule has 0 atom stereocenters. The second-order valence-corrected chi connectivity index (χ2v) is 4.64. The van der Waals surface area contributed by atoms with Gasteiger partial charge in [0, 0.05) is 6.20 Å². The van der Waals surface area contributed by atoms with E-state index in [1.807, 2.05) is 35.7 Å². The Balaban J connectivity index is 1.94. The van der Waals surface area contributed by atoms with Gasteiger partial charge in [-0.15, -0.1) is 10.2 Å². The molecule has 0 fully saturated rings. The van der Waals surface area contributed by atoms with Gasteiger partial charge in [-0.2, -0.15) is 15.0 Å². The van der Waals surface area contributed by atoms with Crippen molar-refractivity contribution in [2.24, 2.45) is 0 Å². The highest BCUT2D eigenvalue weighted by Crippen LogP contribution is 2.24. The summed E-state index contributed by atoms with van der Waals surface area (Å²) < 4.78 is 7.07. The fourth-order valence-corrected chi connectivity index (χ4v) is 2.32. The zero-order valence-electron chi connectivity index (χ0n) is 10.6. The maximum Gasteiger partial charge on any atom is 0.322 e. The molecule has 0 aliphatic heterocycles. The highest BCUT2D eigenvalue weighted by molar-refractivity contribution is 7.99. The van der Waals surface area contributed by atoms with Gasteiger partial charge in [0.1, 0.15) is 0 Å². The molecule has 9 heteroatoms. The van der Waals surface area contributed by atoms with Crippen LogP contribution in [0.1, 0.15) is 6.92 Å². The third-order valence-corrected chi connectivity index (χ3v) is 3.18. The maximum absolute atomic E-state index is 5.63. The normalized spacial score (nSPS) is 10.8. The number of hydrogen-bond donors (Lipinski definition) is 1. The molecule has 3 aromatic rings. The number of pyridine rings is 1. The predicted molar refractivity (Wildman–Crippen MR) is 72.5 cm³/mol. The van der Waals surface area contributed by atoms with Gasteiger partial charge in [0.15, 0.2) is 5.65 Å². The van der Waals surface area contributed by atoms with Crippen LogP contribution in [-0.2, 0) is 0 Å². The standard InChI is InChI=1S/C11H11N7OS/c1-2-19-9-13-8(12)14-10(15-9)20-11-17-16-7-5-3-4-6-18(7)11/h3-6H,2H2,1H3,(H2,12,13,14,15). The molecule has 0 saturated heterocycles. The highest BCUT2D eigenvalue weighted by Gasteiger charge is 2.11. The lowest BCUT2D eigenvalue weighted by Crippen LogP contribution is -2.04. The van der Waals surface area contributed by atoms with Crippen LogP contribution in [-0.4, -0.2) is 36.2 Å². The Morgan fingerprint density at radius 2 is 2.15 bits per heavy atom. The Labute approximate surface area is 118 Å². The number of hydrogen-bond acceptors (Lipinski definition) is 8. The average Bonchev–Trinajstić information content (AvgIpc) is 2.82. The molecule has 0 radical (unpaired) electrons. The van der Waals surface area contributed by atoms with Crippen LogP contribution < -0.4 is 10.5 Å². The summed E-state index contributed by atoms with van der Waals surface area (Å²) in [6.45, 7) is 2.31. The van der Waals surface area contributed by atoms with Crippen molar-refractivity contribution < 1.29 is 4.74 Å². The van der Waals surface area contributed by atoms with E-state index in [-0.39, 0.29) is 12.0 Å². The van der Waals surface area contributed by atoms with Gasteiger partial charge < -0.3 is 10.5 Å². The van der Waals surface area contributed by atoms with Crippen molar-refractivity contribution in [2.45, 2.75) is 17.2 Å². The van der Waals surface area contributed by atoms with Crippen LogP contribution in [0.5, 0.6) is 6.01 Å². The number of nitrogens with two attached hydrogens (primary N) is 1. The summed E-state index contributed by atoms with van der Waals surface area (Å²) in [5.41, 5.74) is 6.38. The monoisotopic (exact) mass is 289 g/mol. The van der Waals surface area contributed by atoms with E-state index in [2.05, 4.69) is 25.1 Å². The van der Waals surface area contributed by atoms with Crippen molar-refractivity contribution in [2.75, 3.05) is 12.3 Å².